The lowest BCUT2D eigenvalue weighted by molar-refractivity contribution is -0.391. The van der Waals surface area contributed by atoms with Gasteiger partial charge in [0, 0.05) is 12.1 Å². The Balaban J connectivity index is 2.00. The molecule has 0 saturated carbocycles. The number of esters is 1. The molecule has 2 aromatic rings. The number of nitrogens with zero attached hydrogens (tertiary/aromatic N) is 1. The number of nitro benzene ring substituents is 1. The Morgan fingerprint density at radius 3 is 2.22 bits per heavy atom. The molecule has 0 amide bonds. The number of hydrogen-bond donors (Lipinski definition) is 0. The van der Waals surface area contributed by atoms with Crippen LogP contribution in [0.3, 0.4) is 0 Å². The highest BCUT2D eigenvalue weighted by Gasteiger charge is 2.66. The van der Waals surface area contributed by atoms with Gasteiger partial charge in [-0.05, 0) is 26.0 Å². The number of hydrogen-bond acceptors (Lipinski definition) is 8. The van der Waals surface area contributed by atoms with Gasteiger partial charge in [-0.25, -0.2) is 4.79 Å². The first-order valence-electron chi connectivity index (χ1n) is 8.87. The monoisotopic (exact) mass is 461 g/mol. The summed E-state index contributed by atoms with van der Waals surface area (Å²) in [5.74, 6) is -3.01. The van der Waals surface area contributed by atoms with Gasteiger partial charge in [0.15, 0.2) is 23.0 Å². The van der Waals surface area contributed by atoms with Gasteiger partial charge < -0.3 is 23.7 Å². The Morgan fingerprint density at radius 1 is 1.03 bits per heavy atom. The van der Waals surface area contributed by atoms with Crippen molar-refractivity contribution in [3.8, 4) is 28.7 Å². The number of carbonyl (C=O) groups excluding carboxylic acids is 1. The lowest BCUT2D eigenvalue weighted by atomic mass is 10.1. The number of ether oxygens (including phenoxy) is 5. The van der Waals surface area contributed by atoms with Crippen molar-refractivity contribution < 1.29 is 51.0 Å². The molecule has 0 unspecified atom stereocenters. The number of halogens is 4. The number of fused-ring (bicyclic) bond motifs is 1. The number of carbonyl (C=O) groups is 1. The largest absolute Gasteiger partial charge is 0.507 e. The fourth-order valence-corrected chi connectivity index (χ4v) is 2.62. The molecular weight excluding hydrogens is 446 g/mol. The summed E-state index contributed by atoms with van der Waals surface area (Å²) < 4.78 is 77.0. The highest BCUT2D eigenvalue weighted by atomic mass is 19.3. The first kappa shape index (κ1) is 22.9. The third-order valence-corrected chi connectivity index (χ3v) is 4.00. The van der Waals surface area contributed by atoms with E-state index in [0.717, 1.165) is 30.3 Å². The van der Waals surface area contributed by atoms with E-state index >= 15 is 0 Å². The van der Waals surface area contributed by atoms with E-state index in [1.807, 2.05) is 0 Å². The molecule has 0 atom stereocenters. The minimum atomic E-state index is -4.93. The number of rotatable bonds is 6. The maximum absolute atomic E-state index is 13.4. The average Bonchev–Trinajstić information content (AvgIpc) is 2.67. The molecule has 1 aliphatic rings. The van der Waals surface area contributed by atoms with Crippen molar-refractivity contribution in [2.24, 2.45) is 0 Å². The Kier molecular flexibility index (Phi) is 5.76. The summed E-state index contributed by atoms with van der Waals surface area (Å²) in [6, 6.07) is 4.72. The fourth-order valence-electron chi connectivity index (χ4n) is 2.62. The van der Waals surface area contributed by atoms with E-state index in [9.17, 15) is 32.5 Å². The molecule has 0 N–H and O–H groups in total. The highest BCUT2D eigenvalue weighted by Crippen LogP contribution is 2.48. The van der Waals surface area contributed by atoms with Gasteiger partial charge in [-0.1, -0.05) is 0 Å². The second kappa shape index (κ2) is 8.05. The Morgan fingerprint density at radius 2 is 1.66 bits per heavy atom. The predicted molar refractivity (Wildman–Crippen MR) is 97.9 cm³/mol. The van der Waals surface area contributed by atoms with Crippen molar-refractivity contribution in [3.63, 3.8) is 0 Å². The van der Waals surface area contributed by atoms with Crippen LogP contribution in [0.1, 0.15) is 24.2 Å². The van der Waals surface area contributed by atoms with Crippen LogP contribution in [-0.4, -0.2) is 36.3 Å². The lowest BCUT2D eigenvalue weighted by Gasteiger charge is -2.31. The van der Waals surface area contributed by atoms with Gasteiger partial charge in [0.25, 0.3) is 5.69 Å². The van der Waals surface area contributed by atoms with Crippen LogP contribution in [0.15, 0.2) is 30.3 Å². The minimum absolute atomic E-state index is 0.176. The third kappa shape index (κ3) is 4.31. The molecule has 0 radical (unpaired) electrons. The molecule has 0 aliphatic carbocycles. The fraction of sp³-hybridized carbons (Fsp3) is 0.316. The predicted octanol–water partition coefficient (Wildman–Crippen LogP) is 4.92. The molecular formula is C19H15F4NO8. The first-order valence-corrected chi connectivity index (χ1v) is 8.87. The molecule has 3 rings (SSSR count). The van der Waals surface area contributed by atoms with E-state index in [1.165, 1.54) is 7.11 Å². The molecule has 32 heavy (non-hydrogen) atoms. The third-order valence-electron chi connectivity index (χ3n) is 4.00. The van der Waals surface area contributed by atoms with Gasteiger partial charge in [0.1, 0.15) is 11.3 Å². The quantitative estimate of drug-likeness (QED) is 0.258. The number of nitro groups is 1. The smallest absolute Gasteiger partial charge is 0.493 e. The van der Waals surface area contributed by atoms with Crippen LogP contribution in [0, 0.1) is 10.1 Å². The molecule has 1 heterocycles. The summed E-state index contributed by atoms with van der Waals surface area (Å²) in [6.45, 7) is 3.08. The van der Waals surface area contributed by atoms with Crippen LogP contribution >= 0.6 is 0 Å². The lowest BCUT2D eigenvalue weighted by Crippen LogP contribution is -2.52. The molecule has 13 heteroatoms. The van der Waals surface area contributed by atoms with Crippen molar-refractivity contribution in [2.45, 2.75) is 32.2 Å². The van der Waals surface area contributed by atoms with Crippen LogP contribution in [0.5, 0.6) is 28.7 Å². The minimum Gasteiger partial charge on any atom is -0.493 e. The normalized spacial score (nSPS) is 15.8. The Labute approximate surface area is 177 Å². The van der Waals surface area contributed by atoms with Crippen molar-refractivity contribution in [1.29, 1.82) is 0 Å². The van der Waals surface area contributed by atoms with Gasteiger partial charge in [-0.3, -0.25) is 10.1 Å². The Hall–Kier alpha value is -3.77. The molecule has 0 aromatic heterocycles. The van der Waals surface area contributed by atoms with E-state index in [1.54, 1.807) is 13.8 Å². The van der Waals surface area contributed by atoms with E-state index in [2.05, 4.69) is 9.47 Å². The standard InChI is InChI=1S/C19H15F4NO8/c1-9(2)29-17(25)11-7-15(14(28-3)8-12(11)24(26)27)30-10-4-5-13-16(6-10)32-19(22,23)18(20,21)31-13/h4-9H,1-3H3. The summed E-state index contributed by atoms with van der Waals surface area (Å²) in [7, 11) is 1.17. The molecule has 0 bridgehead atoms. The van der Waals surface area contributed by atoms with Crippen LogP contribution in [0.4, 0.5) is 23.2 Å². The van der Waals surface area contributed by atoms with Crippen molar-refractivity contribution in [1.82, 2.24) is 0 Å². The van der Waals surface area contributed by atoms with Gasteiger partial charge in [-0.15, -0.1) is 0 Å². The van der Waals surface area contributed by atoms with Crippen LogP contribution in [0.2, 0.25) is 0 Å². The second-order valence-corrected chi connectivity index (χ2v) is 6.68. The van der Waals surface area contributed by atoms with Crippen molar-refractivity contribution >= 4 is 11.7 Å². The number of alkyl halides is 4. The summed E-state index contributed by atoms with van der Waals surface area (Å²) in [4.78, 5) is 22.8. The van der Waals surface area contributed by atoms with E-state index in [-0.39, 0.29) is 17.2 Å². The first-order chi connectivity index (χ1) is 14.8. The molecule has 0 saturated heterocycles. The van der Waals surface area contributed by atoms with Crippen LogP contribution in [0.25, 0.3) is 0 Å². The van der Waals surface area contributed by atoms with E-state index < -0.39 is 52.0 Å². The van der Waals surface area contributed by atoms with Crippen molar-refractivity contribution in [2.75, 3.05) is 7.11 Å². The zero-order valence-electron chi connectivity index (χ0n) is 16.7. The SMILES string of the molecule is COc1cc([N+](=O)[O-])c(C(=O)OC(C)C)cc1Oc1ccc2c(c1)OC(F)(F)C(F)(F)O2. The average molecular weight is 461 g/mol. The Bertz CT molecular complexity index is 1070. The maximum atomic E-state index is 13.4. The summed E-state index contributed by atoms with van der Waals surface area (Å²) in [6.07, 6.45) is -10.4. The second-order valence-electron chi connectivity index (χ2n) is 6.68. The number of benzene rings is 2. The zero-order chi connectivity index (χ0) is 23.8. The highest BCUT2D eigenvalue weighted by molar-refractivity contribution is 5.95. The van der Waals surface area contributed by atoms with E-state index in [4.69, 9.17) is 14.2 Å². The molecule has 172 valence electrons. The molecule has 2 aromatic carbocycles. The van der Waals surface area contributed by atoms with Gasteiger partial charge >= 0.3 is 18.2 Å². The van der Waals surface area contributed by atoms with E-state index in [0.29, 0.717) is 0 Å². The maximum Gasteiger partial charge on any atom is 0.507 e. The van der Waals surface area contributed by atoms with Crippen LogP contribution in [-0.2, 0) is 4.74 Å². The van der Waals surface area contributed by atoms with Gasteiger partial charge in [-0.2, -0.15) is 17.6 Å². The number of methoxy groups -OCH3 is 1. The molecule has 0 fully saturated rings. The van der Waals surface area contributed by atoms with Gasteiger partial charge in [0.05, 0.1) is 24.2 Å². The topological polar surface area (TPSA) is 106 Å². The molecule has 1 aliphatic heterocycles. The zero-order valence-corrected chi connectivity index (χ0v) is 16.7. The van der Waals surface area contributed by atoms with Crippen LogP contribution < -0.4 is 18.9 Å². The van der Waals surface area contributed by atoms with Gasteiger partial charge in [0.2, 0.25) is 0 Å². The summed E-state index contributed by atoms with van der Waals surface area (Å²) in [5, 5.41) is 11.4. The molecule has 9 nitrogen and oxygen atoms in total. The van der Waals surface area contributed by atoms with Crippen molar-refractivity contribution in [3.05, 3.63) is 46.0 Å². The summed E-state index contributed by atoms with van der Waals surface area (Å²) in [5.41, 5.74) is -1.08. The summed E-state index contributed by atoms with van der Waals surface area (Å²) >= 11 is 0. The molecule has 0 spiro atoms.